The van der Waals surface area contributed by atoms with Crippen LogP contribution in [0.1, 0.15) is 17.5 Å². The lowest BCUT2D eigenvalue weighted by atomic mass is 9.57. The number of hydroxylamine groups is 1. The molecule has 0 spiro atoms. The van der Waals surface area contributed by atoms with Crippen LogP contribution in [0.15, 0.2) is 29.0 Å². The van der Waals surface area contributed by atoms with Crippen molar-refractivity contribution in [2.24, 2.45) is 17.6 Å². The number of hydrogen-bond acceptors (Lipinski definition) is 11. The maximum absolute atomic E-state index is 13.7. The first-order valence-electron chi connectivity index (χ1n) is 11.0. The Kier molecular flexibility index (Phi) is 6.12. The number of ketones is 2. The maximum atomic E-state index is 13.7. The number of phenolic OH excluding ortho intramolecular Hbond substituents is 1. The molecule has 13 nitrogen and oxygen atoms in total. The molecule has 0 radical (unpaired) electrons. The van der Waals surface area contributed by atoms with Gasteiger partial charge in [0.05, 0.1) is 17.3 Å². The predicted molar refractivity (Wildman–Crippen MR) is 123 cm³/mol. The third kappa shape index (κ3) is 3.47. The number of Topliss-reactive ketones (excluding diaryl/α,β-unsaturated/α-hetero) is 2. The van der Waals surface area contributed by atoms with E-state index in [0.717, 1.165) is 0 Å². The van der Waals surface area contributed by atoms with Gasteiger partial charge < -0.3 is 36.7 Å². The number of fused-ring (bicyclic) bond motifs is 3. The SMILES string of the molecule is CN(C)[C@@H]1C(=O)C(C(N)=O)=C(O)[C@@]2(O)C(=O)C3=C(O)c4c(ccc(NC(=O)CNO)c4O)CC3CC12. The maximum Gasteiger partial charge on any atom is 0.255 e. The number of aliphatic hydroxyl groups excluding tert-OH is 2. The molecule has 0 saturated heterocycles. The number of aliphatic hydroxyl groups is 3. The van der Waals surface area contributed by atoms with Gasteiger partial charge in [0.25, 0.3) is 5.91 Å². The van der Waals surface area contributed by atoms with Gasteiger partial charge in [0.15, 0.2) is 11.4 Å². The van der Waals surface area contributed by atoms with E-state index in [1.54, 1.807) is 5.48 Å². The van der Waals surface area contributed by atoms with Crippen molar-refractivity contribution in [3.63, 3.8) is 0 Å². The average Bonchev–Trinajstić information content (AvgIpc) is 2.78. The largest absolute Gasteiger partial charge is 0.508 e. The summed E-state index contributed by atoms with van der Waals surface area (Å²) >= 11 is 0. The van der Waals surface area contributed by atoms with Crippen molar-refractivity contribution in [3.05, 3.63) is 40.2 Å². The molecule has 1 aromatic rings. The van der Waals surface area contributed by atoms with Gasteiger partial charge >= 0.3 is 0 Å². The van der Waals surface area contributed by atoms with Crippen LogP contribution >= 0.6 is 0 Å². The molecule has 36 heavy (non-hydrogen) atoms. The third-order valence-corrected chi connectivity index (χ3v) is 7.11. The Bertz CT molecular complexity index is 1270. The van der Waals surface area contributed by atoms with Crippen molar-refractivity contribution in [2.75, 3.05) is 26.0 Å². The Hall–Kier alpha value is -3.78. The number of hydrogen-bond donors (Lipinski definition) is 8. The minimum atomic E-state index is -2.72. The number of likely N-dealkylation sites (N-methyl/N-ethyl adjacent to an activating group) is 1. The number of nitrogens with one attached hydrogen (secondary N) is 2. The van der Waals surface area contributed by atoms with E-state index in [9.17, 15) is 39.6 Å². The van der Waals surface area contributed by atoms with Crippen LogP contribution in [-0.2, 0) is 25.6 Å². The number of aromatic hydroxyl groups is 1. The summed E-state index contributed by atoms with van der Waals surface area (Å²) in [5.74, 6) is -8.19. The van der Waals surface area contributed by atoms with Gasteiger partial charge in [0, 0.05) is 11.5 Å². The van der Waals surface area contributed by atoms with Gasteiger partial charge in [-0.3, -0.25) is 24.1 Å². The lowest BCUT2D eigenvalue weighted by Crippen LogP contribution is -2.65. The highest BCUT2D eigenvalue weighted by Crippen LogP contribution is 2.53. The Morgan fingerprint density at radius 2 is 1.86 bits per heavy atom. The van der Waals surface area contributed by atoms with Crippen LogP contribution in [0.25, 0.3) is 5.76 Å². The van der Waals surface area contributed by atoms with E-state index in [2.05, 4.69) is 5.32 Å². The molecule has 0 aliphatic heterocycles. The van der Waals surface area contributed by atoms with Gasteiger partial charge in [0.2, 0.25) is 11.7 Å². The first-order valence-corrected chi connectivity index (χ1v) is 11.0. The molecule has 3 aliphatic carbocycles. The molecule has 4 atom stereocenters. The van der Waals surface area contributed by atoms with Crippen LogP contribution in [0.4, 0.5) is 5.69 Å². The number of phenols is 1. The number of primary amides is 1. The van der Waals surface area contributed by atoms with Crippen molar-refractivity contribution < 1.29 is 44.8 Å². The summed E-state index contributed by atoms with van der Waals surface area (Å²) in [4.78, 5) is 52.0. The van der Waals surface area contributed by atoms with Crippen LogP contribution in [0.2, 0.25) is 0 Å². The summed E-state index contributed by atoms with van der Waals surface area (Å²) in [7, 11) is 3.04. The van der Waals surface area contributed by atoms with E-state index in [-0.39, 0.29) is 29.7 Å². The zero-order valence-corrected chi connectivity index (χ0v) is 19.4. The Morgan fingerprint density at radius 1 is 1.19 bits per heavy atom. The van der Waals surface area contributed by atoms with Crippen LogP contribution in [-0.4, -0.2) is 86.2 Å². The van der Waals surface area contributed by atoms with Crippen molar-refractivity contribution in [1.29, 1.82) is 0 Å². The summed E-state index contributed by atoms with van der Waals surface area (Å²) in [6.07, 6.45) is 0.113. The molecule has 2 amide bonds. The Morgan fingerprint density at radius 3 is 2.44 bits per heavy atom. The van der Waals surface area contributed by atoms with Gasteiger partial charge in [-0.15, -0.1) is 0 Å². The number of anilines is 1. The molecule has 192 valence electrons. The van der Waals surface area contributed by atoms with Crippen LogP contribution in [0.5, 0.6) is 5.75 Å². The zero-order chi connectivity index (χ0) is 26.7. The van der Waals surface area contributed by atoms with Gasteiger partial charge in [-0.2, -0.15) is 5.48 Å². The highest BCUT2D eigenvalue weighted by atomic mass is 16.5. The fraction of sp³-hybridized carbons (Fsp3) is 0.391. The van der Waals surface area contributed by atoms with Gasteiger partial charge in [-0.1, -0.05) is 6.07 Å². The van der Waals surface area contributed by atoms with E-state index in [1.165, 1.54) is 31.1 Å². The van der Waals surface area contributed by atoms with E-state index >= 15 is 0 Å². The summed E-state index contributed by atoms with van der Waals surface area (Å²) < 4.78 is 0. The van der Waals surface area contributed by atoms with E-state index in [4.69, 9.17) is 10.9 Å². The first kappa shape index (κ1) is 25.3. The molecule has 13 heteroatoms. The Labute approximate surface area is 204 Å². The first-order chi connectivity index (χ1) is 16.9. The number of benzene rings is 1. The smallest absolute Gasteiger partial charge is 0.255 e. The summed E-state index contributed by atoms with van der Waals surface area (Å²) in [6, 6.07) is 1.77. The number of nitrogens with two attached hydrogens (primary N) is 1. The third-order valence-electron chi connectivity index (χ3n) is 7.11. The molecule has 0 heterocycles. The molecule has 1 aromatic carbocycles. The average molecular weight is 502 g/mol. The van der Waals surface area contributed by atoms with Crippen molar-refractivity contribution in [3.8, 4) is 5.75 Å². The summed E-state index contributed by atoms with van der Waals surface area (Å²) in [5.41, 5.74) is 3.24. The highest BCUT2D eigenvalue weighted by Gasteiger charge is 2.64. The molecule has 1 saturated carbocycles. The molecular weight excluding hydrogens is 476 g/mol. The molecule has 9 N–H and O–H groups in total. The quantitative estimate of drug-likeness (QED) is 0.137. The summed E-state index contributed by atoms with van der Waals surface area (Å²) in [5, 5.41) is 55.3. The topological polar surface area (TPSA) is 223 Å². The molecule has 0 aromatic heterocycles. The van der Waals surface area contributed by atoms with Crippen molar-refractivity contribution >= 4 is 34.8 Å². The minimum absolute atomic E-state index is 0.0207. The predicted octanol–water partition coefficient (Wildman–Crippen LogP) is -1.12. The van der Waals surface area contributed by atoms with Crippen molar-refractivity contribution in [1.82, 2.24) is 10.4 Å². The van der Waals surface area contributed by atoms with Gasteiger partial charge in [0.1, 0.15) is 29.4 Å². The van der Waals surface area contributed by atoms with E-state index < -0.39 is 76.2 Å². The van der Waals surface area contributed by atoms with Crippen LogP contribution in [0.3, 0.4) is 0 Å². The van der Waals surface area contributed by atoms with Gasteiger partial charge in [-0.05, 0) is 44.5 Å². The van der Waals surface area contributed by atoms with E-state index in [1.807, 2.05) is 0 Å². The Balaban J connectivity index is 1.88. The zero-order valence-electron chi connectivity index (χ0n) is 19.4. The van der Waals surface area contributed by atoms with E-state index in [0.29, 0.717) is 5.56 Å². The second-order valence-electron chi connectivity index (χ2n) is 9.34. The second-order valence-corrected chi connectivity index (χ2v) is 9.34. The molecule has 3 aliphatic rings. The molecule has 1 fully saturated rings. The molecular formula is C23H26N4O9. The standard InChI is InChI=1S/C23H26N4O9/c1-27(2)16-10-6-9-5-8-3-4-11(26-12(28)7-25-36)17(29)13(8)18(30)14(9)20(32)23(10,35)21(33)15(19(16)31)22(24)34/h3-4,9-10,16,25,29-30,33,35-36H,5-7H2,1-2H3,(H2,24,34)(H,26,28)/t9?,10?,16-,23-/m0/s1. The fourth-order valence-corrected chi connectivity index (χ4v) is 5.59. The number of carbonyl (C=O) groups is 4. The number of rotatable bonds is 5. The monoisotopic (exact) mass is 502 g/mol. The highest BCUT2D eigenvalue weighted by molar-refractivity contribution is 6.24. The lowest BCUT2D eigenvalue weighted by Gasteiger charge is -2.50. The molecule has 0 bridgehead atoms. The second kappa shape index (κ2) is 8.71. The number of amides is 2. The minimum Gasteiger partial charge on any atom is -0.508 e. The normalized spacial score (nSPS) is 27.5. The van der Waals surface area contributed by atoms with Crippen molar-refractivity contribution in [2.45, 2.75) is 24.5 Å². The molecule has 4 rings (SSSR count). The summed E-state index contributed by atoms with van der Waals surface area (Å²) in [6.45, 7) is -0.474. The lowest BCUT2D eigenvalue weighted by molar-refractivity contribution is -0.153. The van der Waals surface area contributed by atoms with Gasteiger partial charge in [-0.25, -0.2) is 0 Å². The van der Waals surface area contributed by atoms with Crippen LogP contribution < -0.4 is 16.5 Å². The number of nitrogens with zero attached hydrogens (tertiary/aromatic N) is 1. The van der Waals surface area contributed by atoms with Crippen LogP contribution in [0, 0.1) is 11.8 Å². The molecule has 2 unspecified atom stereocenters. The fourth-order valence-electron chi connectivity index (χ4n) is 5.59. The number of carbonyl (C=O) groups excluding carboxylic acids is 4.